The van der Waals surface area contributed by atoms with E-state index in [1.54, 1.807) is 5.32 Å². The van der Waals surface area contributed by atoms with Gasteiger partial charge in [-0.1, -0.05) is 0 Å². The number of hydrogen-bond donors (Lipinski definition) is 3. The first-order chi connectivity index (χ1) is 8.22. The molecule has 0 unspecified atom stereocenters. The number of carbonyl (C=O) groups is 3. The third-order valence-corrected chi connectivity index (χ3v) is 3.16. The summed E-state index contributed by atoms with van der Waals surface area (Å²) >= 11 is 0. The number of rotatable bonds is 4. The maximum Gasteiger partial charge on any atom is 0.371 e. The highest BCUT2D eigenvalue weighted by atomic mass is 32.2. The molecule has 10 heteroatoms. The highest BCUT2D eigenvalue weighted by Crippen LogP contribution is 2.15. The molecule has 1 aromatic rings. The van der Waals surface area contributed by atoms with Gasteiger partial charge in [-0.3, -0.25) is 10.1 Å². The molecule has 0 bridgehead atoms. The van der Waals surface area contributed by atoms with Crippen molar-refractivity contribution >= 4 is 27.7 Å². The molecule has 1 aromatic heterocycles. The van der Waals surface area contributed by atoms with Crippen LogP contribution in [0.3, 0.4) is 0 Å². The van der Waals surface area contributed by atoms with Gasteiger partial charge >= 0.3 is 12.0 Å². The van der Waals surface area contributed by atoms with Crippen LogP contribution < -0.4 is 11.1 Å². The van der Waals surface area contributed by atoms with Gasteiger partial charge in [0.25, 0.3) is 0 Å². The number of amides is 3. The molecule has 1 rings (SSSR count). The number of carboxylic acid groups (broad SMARTS) is 1. The number of sulfone groups is 1. The van der Waals surface area contributed by atoms with Crippen molar-refractivity contribution in [3.05, 3.63) is 17.9 Å². The Morgan fingerprint density at radius 1 is 1.33 bits per heavy atom. The fourth-order valence-corrected chi connectivity index (χ4v) is 2.07. The van der Waals surface area contributed by atoms with Crippen LogP contribution in [0.2, 0.25) is 0 Å². The van der Waals surface area contributed by atoms with Crippen molar-refractivity contribution in [3.8, 4) is 0 Å². The molecule has 3 amide bonds. The number of hydrogen-bond acceptors (Lipinski definition) is 6. The number of carboxylic acids is 1. The highest BCUT2D eigenvalue weighted by molar-refractivity contribution is 7.92. The van der Waals surface area contributed by atoms with E-state index in [2.05, 4.69) is 10.2 Å². The Hall–Kier alpha value is -2.36. The van der Waals surface area contributed by atoms with E-state index in [1.807, 2.05) is 0 Å². The zero-order valence-corrected chi connectivity index (χ0v) is 9.56. The molecule has 0 fully saturated rings. The Morgan fingerprint density at radius 2 is 1.94 bits per heavy atom. The molecule has 18 heavy (non-hydrogen) atoms. The lowest BCUT2D eigenvalue weighted by Gasteiger charge is -2.00. The van der Waals surface area contributed by atoms with Gasteiger partial charge in [-0.2, -0.15) is 0 Å². The molecule has 98 valence electrons. The van der Waals surface area contributed by atoms with E-state index in [4.69, 9.17) is 5.11 Å². The summed E-state index contributed by atoms with van der Waals surface area (Å²) in [6, 6.07) is 0.637. The van der Waals surface area contributed by atoms with Crippen molar-refractivity contribution in [1.82, 2.24) is 5.32 Å². The molecular weight excluding hydrogens is 268 g/mol. The molecule has 9 nitrogen and oxygen atoms in total. The predicted octanol–water partition coefficient (Wildman–Crippen LogP) is -1.05. The van der Waals surface area contributed by atoms with E-state index in [1.165, 1.54) is 0 Å². The van der Waals surface area contributed by atoms with Crippen LogP contribution in [0.1, 0.15) is 10.6 Å². The lowest BCUT2D eigenvalue weighted by atomic mass is 10.5. The maximum absolute atomic E-state index is 11.6. The van der Waals surface area contributed by atoms with E-state index in [-0.39, 0.29) is 0 Å². The second kappa shape index (κ2) is 4.87. The van der Waals surface area contributed by atoms with Gasteiger partial charge in [0.15, 0.2) is 0 Å². The molecule has 4 N–H and O–H groups in total. The van der Waals surface area contributed by atoms with Crippen LogP contribution >= 0.6 is 0 Å². The second-order valence-electron chi connectivity index (χ2n) is 3.10. The summed E-state index contributed by atoms with van der Waals surface area (Å²) < 4.78 is 27.7. The molecule has 0 spiro atoms. The van der Waals surface area contributed by atoms with Crippen LogP contribution in [0.25, 0.3) is 0 Å². The molecule has 0 radical (unpaired) electrons. The van der Waals surface area contributed by atoms with Crippen LogP contribution in [0.15, 0.2) is 21.6 Å². The van der Waals surface area contributed by atoms with Crippen LogP contribution in [-0.2, 0) is 14.6 Å². The summed E-state index contributed by atoms with van der Waals surface area (Å²) in [6.07, 6.45) is 0. The summed E-state index contributed by atoms with van der Waals surface area (Å²) in [6.45, 7) is 0. The number of imide groups is 1. The standard InChI is InChI=1S/C8H8N2O7S/c9-8(14)10-5(11)3-18(15,16)6-2-1-4(17-6)7(12)13/h1-2H,3H2,(H,12,13)(H3,9,10,11,14). The van der Waals surface area contributed by atoms with Crippen LogP contribution in [0, 0.1) is 0 Å². The van der Waals surface area contributed by atoms with Gasteiger partial charge < -0.3 is 15.3 Å². The summed E-state index contributed by atoms with van der Waals surface area (Å²) in [5.74, 6) is -4.25. The van der Waals surface area contributed by atoms with Crippen LogP contribution in [0.4, 0.5) is 4.79 Å². The lowest BCUT2D eigenvalue weighted by molar-refractivity contribution is -0.117. The van der Waals surface area contributed by atoms with Crippen LogP contribution in [-0.4, -0.2) is 37.2 Å². The Kier molecular flexibility index (Phi) is 3.71. The monoisotopic (exact) mass is 276 g/mol. The number of nitrogens with two attached hydrogens (primary N) is 1. The van der Waals surface area contributed by atoms with Gasteiger partial charge in [-0.25, -0.2) is 18.0 Å². The molecule has 0 aliphatic rings. The average Bonchev–Trinajstić information content (AvgIpc) is 2.63. The van der Waals surface area contributed by atoms with Gasteiger partial charge in [0.1, 0.15) is 5.75 Å². The summed E-state index contributed by atoms with van der Waals surface area (Å²) in [4.78, 5) is 31.8. The van der Waals surface area contributed by atoms with Gasteiger partial charge in [0.2, 0.25) is 26.6 Å². The molecular formula is C8H8N2O7S. The zero-order chi connectivity index (χ0) is 13.9. The molecule has 1 heterocycles. The third kappa shape index (κ3) is 3.31. The molecule has 0 aromatic carbocycles. The van der Waals surface area contributed by atoms with Crippen molar-refractivity contribution in [2.45, 2.75) is 5.09 Å². The molecule has 0 saturated carbocycles. The van der Waals surface area contributed by atoms with E-state index in [0.29, 0.717) is 0 Å². The second-order valence-corrected chi connectivity index (χ2v) is 5.02. The Labute approximate surface area is 100 Å². The normalized spacial score (nSPS) is 10.9. The molecule has 0 saturated heterocycles. The first-order valence-electron chi connectivity index (χ1n) is 4.37. The van der Waals surface area contributed by atoms with E-state index in [9.17, 15) is 22.8 Å². The number of primary amides is 1. The van der Waals surface area contributed by atoms with Gasteiger partial charge in [0.05, 0.1) is 0 Å². The largest absolute Gasteiger partial charge is 0.475 e. The number of carbonyl (C=O) groups excluding carboxylic acids is 2. The Morgan fingerprint density at radius 3 is 2.39 bits per heavy atom. The lowest BCUT2D eigenvalue weighted by Crippen LogP contribution is -2.38. The summed E-state index contributed by atoms with van der Waals surface area (Å²) in [5.41, 5.74) is 4.63. The molecule has 0 atom stereocenters. The Bertz CT molecular complexity index is 601. The van der Waals surface area contributed by atoms with Crippen molar-refractivity contribution in [3.63, 3.8) is 0 Å². The number of aromatic carboxylic acids is 1. The van der Waals surface area contributed by atoms with Gasteiger partial charge in [-0.05, 0) is 12.1 Å². The number of nitrogens with one attached hydrogen (secondary N) is 1. The number of furan rings is 1. The quantitative estimate of drug-likeness (QED) is 0.632. The maximum atomic E-state index is 11.6. The zero-order valence-electron chi connectivity index (χ0n) is 8.74. The fourth-order valence-electron chi connectivity index (χ4n) is 1.02. The fraction of sp³-hybridized carbons (Fsp3) is 0.125. The van der Waals surface area contributed by atoms with E-state index < -0.39 is 44.4 Å². The predicted molar refractivity (Wildman–Crippen MR) is 55.4 cm³/mol. The van der Waals surface area contributed by atoms with Gasteiger partial charge in [-0.15, -0.1) is 0 Å². The first kappa shape index (κ1) is 13.7. The van der Waals surface area contributed by atoms with Gasteiger partial charge in [0, 0.05) is 0 Å². The first-order valence-corrected chi connectivity index (χ1v) is 6.03. The third-order valence-electron chi connectivity index (χ3n) is 1.68. The highest BCUT2D eigenvalue weighted by Gasteiger charge is 2.24. The summed E-state index contributed by atoms with van der Waals surface area (Å²) in [7, 11) is -4.17. The minimum absolute atomic E-state index is 0.580. The van der Waals surface area contributed by atoms with E-state index >= 15 is 0 Å². The smallest absolute Gasteiger partial charge is 0.371 e. The van der Waals surface area contributed by atoms with Crippen molar-refractivity contribution < 1.29 is 32.3 Å². The number of urea groups is 1. The molecule has 0 aliphatic heterocycles. The average molecular weight is 276 g/mol. The summed E-state index contributed by atoms with van der Waals surface area (Å²) in [5, 5.41) is 9.42. The van der Waals surface area contributed by atoms with Crippen molar-refractivity contribution in [2.75, 3.05) is 5.75 Å². The Balaban J connectivity index is 2.89. The topological polar surface area (TPSA) is 157 Å². The van der Waals surface area contributed by atoms with Crippen molar-refractivity contribution in [2.24, 2.45) is 5.73 Å². The minimum Gasteiger partial charge on any atom is -0.475 e. The SMILES string of the molecule is NC(=O)NC(=O)CS(=O)(=O)c1ccc(C(=O)O)o1. The molecule has 0 aliphatic carbocycles. The van der Waals surface area contributed by atoms with Crippen LogP contribution in [0.5, 0.6) is 0 Å². The van der Waals surface area contributed by atoms with E-state index in [0.717, 1.165) is 12.1 Å². The minimum atomic E-state index is -4.17. The van der Waals surface area contributed by atoms with Crippen molar-refractivity contribution in [1.29, 1.82) is 0 Å².